The summed E-state index contributed by atoms with van der Waals surface area (Å²) in [5.41, 5.74) is 1.65. The van der Waals surface area contributed by atoms with Crippen molar-refractivity contribution in [3.05, 3.63) is 59.9 Å². The highest BCUT2D eigenvalue weighted by Gasteiger charge is 2.15. The van der Waals surface area contributed by atoms with Crippen molar-refractivity contribution in [2.45, 2.75) is 13.0 Å². The SMILES string of the molecule is COc1cccc(NC(=O)CN(C)[C@H](C)c2ccc(F)cc2)c1. The van der Waals surface area contributed by atoms with Crippen LogP contribution in [0.3, 0.4) is 0 Å². The molecule has 0 aromatic heterocycles. The molecule has 0 bridgehead atoms. The summed E-state index contributed by atoms with van der Waals surface area (Å²) in [6, 6.07) is 13.5. The summed E-state index contributed by atoms with van der Waals surface area (Å²) in [6.45, 7) is 2.21. The molecule has 0 heterocycles. The molecule has 0 saturated carbocycles. The molecular formula is C18H21FN2O2. The Morgan fingerprint density at radius 1 is 1.26 bits per heavy atom. The number of rotatable bonds is 6. The number of ether oxygens (including phenoxy) is 1. The van der Waals surface area contributed by atoms with Gasteiger partial charge in [0.05, 0.1) is 13.7 Å². The summed E-state index contributed by atoms with van der Waals surface area (Å²) in [7, 11) is 3.44. The molecule has 2 rings (SSSR count). The molecule has 122 valence electrons. The second-order valence-corrected chi connectivity index (χ2v) is 5.42. The number of nitrogens with zero attached hydrogens (tertiary/aromatic N) is 1. The van der Waals surface area contributed by atoms with Gasteiger partial charge in [-0.1, -0.05) is 18.2 Å². The van der Waals surface area contributed by atoms with E-state index in [1.165, 1.54) is 12.1 Å². The largest absolute Gasteiger partial charge is 0.497 e. The molecule has 0 unspecified atom stereocenters. The number of carbonyl (C=O) groups excluding carboxylic acids is 1. The molecule has 0 aliphatic rings. The van der Waals surface area contributed by atoms with Gasteiger partial charge in [-0.15, -0.1) is 0 Å². The molecule has 0 saturated heterocycles. The van der Waals surface area contributed by atoms with E-state index < -0.39 is 0 Å². The minimum absolute atomic E-state index is 0.00617. The predicted molar refractivity (Wildman–Crippen MR) is 89.1 cm³/mol. The van der Waals surface area contributed by atoms with Crippen LogP contribution in [0.2, 0.25) is 0 Å². The highest BCUT2D eigenvalue weighted by Crippen LogP contribution is 2.20. The fourth-order valence-electron chi connectivity index (χ4n) is 2.26. The Morgan fingerprint density at radius 3 is 2.61 bits per heavy atom. The van der Waals surface area contributed by atoms with Crippen LogP contribution < -0.4 is 10.1 Å². The molecule has 4 nitrogen and oxygen atoms in total. The maximum atomic E-state index is 13.0. The van der Waals surface area contributed by atoms with E-state index in [1.54, 1.807) is 25.3 Å². The quantitative estimate of drug-likeness (QED) is 0.887. The van der Waals surface area contributed by atoms with Crippen LogP contribution in [0.15, 0.2) is 48.5 Å². The molecule has 0 aliphatic carbocycles. The Balaban J connectivity index is 1.94. The van der Waals surface area contributed by atoms with Crippen molar-refractivity contribution < 1.29 is 13.9 Å². The first kappa shape index (κ1) is 17.0. The number of amides is 1. The van der Waals surface area contributed by atoms with Crippen molar-refractivity contribution in [2.75, 3.05) is 26.0 Å². The zero-order chi connectivity index (χ0) is 16.8. The highest BCUT2D eigenvalue weighted by molar-refractivity contribution is 5.92. The fourth-order valence-corrected chi connectivity index (χ4v) is 2.26. The van der Waals surface area contributed by atoms with Crippen molar-refractivity contribution in [2.24, 2.45) is 0 Å². The molecular weight excluding hydrogens is 295 g/mol. The highest BCUT2D eigenvalue weighted by atomic mass is 19.1. The molecule has 0 spiro atoms. The van der Waals surface area contributed by atoms with Crippen LogP contribution in [-0.4, -0.2) is 31.5 Å². The number of hydrogen-bond acceptors (Lipinski definition) is 3. The maximum Gasteiger partial charge on any atom is 0.238 e. The summed E-state index contributed by atoms with van der Waals surface area (Å²) >= 11 is 0. The molecule has 0 fully saturated rings. The van der Waals surface area contributed by atoms with Crippen LogP contribution in [0.1, 0.15) is 18.5 Å². The van der Waals surface area contributed by atoms with Gasteiger partial charge in [0.15, 0.2) is 0 Å². The number of benzene rings is 2. The monoisotopic (exact) mass is 316 g/mol. The average Bonchev–Trinajstić information content (AvgIpc) is 2.54. The first-order valence-electron chi connectivity index (χ1n) is 7.39. The van der Waals surface area contributed by atoms with Gasteiger partial charge in [-0.05, 0) is 43.8 Å². The molecule has 5 heteroatoms. The summed E-state index contributed by atoms with van der Waals surface area (Å²) in [6.07, 6.45) is 0. The van der Waals surface area contributed by atoms with Gasteiger partial charge < -0.3 is 10.1 Å². The van der Waals surface area contributed by atoms with E-state index in [1.807, 2.05) is 37.1 Å². The molecule has 1 N–H and O–H groups in total. The minimum Gasteiger partial charge on any atom is -0.497 e. The number of halogens is 1. The van der Waals surface area contributed by atoms with Gasteiger partial charge in [-0.25, -0.2) is 4.39 Å². The predicted octanol–water partition coefficient (Wildman–Crippen LogP) is 3.47. The van der Waals surface area contributed by atoms with E-state index >= 15 is 0 Å². The van der Waals surface area contributed by atoms with Gasteiger partial charge in [-0.3, -0.25) is 9.69 Å². The Hall–Kier alpha value is -2.40. The molecule has 2 aromatic carbocycles. The number of anilines is 1. The second kappa shape index (κ2) is 7.74. The average molecular weight is 316 g/mol. The van der Waals surface area contributed by atoms with Crippen LogP contribution >= 0.6 is 0 Å². The second-order valence-electron chi connectivity index (χ2n) is 5.42. The van der Waals surface area contributed by atoms with Crippen molar-refractivity contribution in [3.8, 4) is 5.75 Å². The number of methoxy groups -OCH3 is 1. The van der Waals surface area contributed by atoms with E-state index in [9.17, 15) is 9.18 Å². The van der Waals surface area contributed by atoms with Gasteiger partial charge >= 0.3 is 0 Å². The zero-order valence-corrected chi connectivity index (χ0v) is 13.5. The Morgan fingerprint density at radius 2 is 1.96 bits per heavy atom. The lowest BCUT2D eigenvalue weighted by atomic mass is 10.1. The Kier molecular flexibility index (Phi) is 5.71. The normalized spacial score (nSPS) is 12.0. The van der Waals surface area contributed by atoms with Gasteiger partial charge in [0.25, 0.3) is 0 Å². The standard InChI is InChI=1S/C18H21FN2O2/c1-13(14-7-9-15(19)10-8-14)21(2)12-18(22)20-16-5-4-6-17(11-16)23-3/h4-11,13H,12H2,1-3H3,(H,20,22)/t13-/m1/s1. The van der Waals surface area contributed by atoms with Crippen LogP contribution in [-0.2, 0) is 4.79 Å². The molecule has 1 amide bonds. The Bertz CT molecular complexity index is 658. The topological polar surface area (TPSA) is 41.6 Å². The van der Waals surface area contributed by atoms with E-state index in [0.717, 1.165) is 5.56 Å². The Labute approximate surface area is 135 Å². The summed E-state index contributed by atoms with van der Waals surface area (Å²) in [5.74, 6) is 0.310. The number of hydrogen-bond donors (Lipinski definition) is 1. The van der Waals surface area contributed by atoms with Crippen LogP contribution in [0.5, 0.6) is 5.75 Å². The number of carbonyl (C=O) groups is 1. The zero-order valence-electron chi connectivity index (χ0n) is 13.5. The molecule has 0 radical (unpaired) electrons. The summed E-state index contributed by atoms with van der Waals surface area (Å²) in [4.78, 5) is 14.1. The third kappa shape index (κ3) is 4.79. The third-order valence-corrected chi connectivity index (χ3v) is 3.76. The van der Waals surface area contributed by atoms with Crippen molar-refractivity contribution in [3.63, 3.8) is 0 Å². The first-order chi connectivity index (χ1) is 11.0. The lowest BCUT2D eigenvalue weighted by Crippen LogP contribution is -2.32. The van der Waals surface area contributed by atoms with Crippen LogP contribution in [0.25, 0.3) is 0 Å². The van der Waals surface area contributed by atoms with Gasteiger partial charge in [-0.2, -0.15) is 0 Å². The smallest absolute Gasteiger partial charge is 0.238 e. The molecule has 0 aliphatic heterocycles. The van der Waals surface area contributed by atoms with Crippen LogP contribution in [0.4, 0.5) is 10.1 Å². The lowest BCUT2D eigenvalue weighted by Gasteiger charge is -2.24. The summed E-state index contributed by atoms with van der Waals surface area (Å²) in [5, 5.41) is 2.84. The van der Waals surface area contributed by atoms with E-state index in [-0.39, 0.29) is 24.3 Å². The fraction of sp³-hybridized carbons (Fsp3) is 0.278. The first-order valence-corrected chi connectivity index (χ1v) is 7.39. The van der Waals surface area contributed by atoms with E-state index in [0.29, 0.717) is 11.4 Å². The van der Waals surface area contributed by atoms with Crippen molar-refractivity contribution in [1.82, 2.24) is 4.90 Å². The van der Waals surface area contributed by atoms with Gasteiger partial charge in [0.2, 0.25) is 5.91 Å². The van der Waals surface area contributed by atoms with Crippen molar-refractivity contribution in [1.29, 1.82) is 0 Å². The lowest BCUT2D eigenvalue weighted by molar-refractivity contribution is -0.117. The van der Waals surface area contributed by atoms with E-state index in [4.69, 9.17) is 4.74 Å². The maximum absolute atomic E-state index is 13.0. The van der Waals surface area contributed by atoms with Gasteiger partial charge in [0, 0.05) is 17.8 Å². The summed E-state index contributed by atoms with van der Waals surface area (Å²) < 4.78 is 18.1. The van der Waals surface area contributed by atoms with Crippen molar-refractivity contribution >= 4 is 11.6 Å². The van der Waals surface area contributed by atoms with E-state index in [2.05, 4.69) is 5.32 Å². The van der Waals surface area contributed by atoms with Crippen LogP contribution in [0, 0.1) is 5.82 Å². The number of nitrogens with one attached hydrogen (secondary N) is 1. The minimum atomic E-state index is -0.264. The van der Waals surface area contributed by atoms with Gasteiger partial charge in [0.1, 0.15) is 11.6 Å². The molecule has 2 aromatic rings. The third-order valence-electron chi connectivity index (χ3n) is 3.76. The number of likely N-dealkylation sites (N-methyl/N-ethyl adjacent to an activating group) is 1. The molecule has 23 heavy (non-hydrogen) atoms. The molecule has 1 atom stereocenters.